The van der Waals surface area contributed by atoms with E-state index >= 15 is 0 Å². The molecule has 0 bridgehead atoms. The standard InChI is InChI=1S/C17H22N4O3S/c1-10-11(2)25-16-14(10)17(24)21(9-19-16)7-5-13(22)20-6-3-4-12(8-20)15(18)23/h9,12H,3-8H2,1-2H3,(H2,18,23). The second-order valence-corrected chi connectivity index (χ2v) is 7.74. The van der Waals surface area contributed by atoms with Crippen molar-refractivity contribution in [3.8, 4) is 0 Å². The van der Waals surface area contributed by atoms with E-state index in [0.29, 0.717) is 18.5 Å². The minimum atomic E-state index is -0.355. The van der Waals surface area contributed by atoms with Gasteiger partial charge in [-0.3, -0.25) is 19.0 Å². The maximum Gasteiger partial charge on any atom is 0.262 e. The fraction of sp³-hybridized carbons (Fsp3) is 0.529. The van der Waals surface area contributed by atoms with Crippen LogP contribution in [0, 0.1) is 19.8 Å². The molecule has 1 unspecified atom stereocenters. The van der Waals surface area contributed by atoms with Gasteiger partial charge in [0.1, 0.15) is 4.83 Å². The molecule has 0 spiro atoms. The molecule has 3 heterocycles. The summed E-state index contributed by atoms with van der Waals surface area (Å²) in [5.74, 6) is -0.683. The number of carbonyl (C=O) groups is 2. The van der Waals surface area contributed by atoms with Crippen LogP contribution >= 0.6 is 11.3 Å². The zero-order valence-corrected chi connectivity index (χ0v) is 15.3. The van der Waals surface area contributed by atoms with Crippen LogP contribution in [0.4, 0.5) is 0 Å². The Hall–Kier alpha value is -2.22. The van der Waals surface area contributed by atoms with E-state index in [9.17, 15) is 14.4 Å². The van der Waals surface area contributed by atoms with E-state index in [2.05, 4.69) is 4.98 Å². The van der Waals surface area contributed by atoms with E-state index in [4.69, 9.17) is 5.73 Å². The fourth-order valence-electron chi connectivity index (χ4n) is 3.24. The molecule has 0 aromatic carbocycles. The van der Waals surface area contributed by atoms with Crippen molar-refractivity contribution in [1.29, 1.82) is 0 Å². The van der Waals surface area contributed by atoms with Crippen molar-refractivity contribution in [1.82, 2.24) is 14.5 Å². The number of thiophene rings is 1. The van der Waals surface area contributed by atoms with Crippen molar-refractivity contribution in [2.45, 2.75) is 39.7 Å². The van der Waals surface area contributed by atoms with Gasteiger partial charge in [-0.1, -0.05) is 0 Å². The number of hydrogen-bond donors (Lipinski definition) is 1. The summed E-state index contributed by atoms with van der Waals surface area (Å²) in [5, 5.41) is 0.643. The predicted molar refractivity (Wildman–Crippen MR) is 96.5 cm³/mol. The molecule has 25 heavy (non-hydrogen) atoms. The smallest absolute Gasteiger partial charge is 0.262 e. The van der Waals surface area contributed by atoms with Gasteiger partial charge < -0.3 is 10.6 Å². The summed E-state index contributed by atoms with van der Waals surface area (Å²) < 4.78 is 1.49. The highest BCUT2D eigenvalue weighted by molar-refractivity contribution is 7.18. The largest absolute Gasteiger partial charge is 0.369 e. The van der Waals surface area contributed by atoms with Crippen molar-refractivity contribution in [3.05, 3.63) is 27.1 Å². The molecule has 1 fully saturated rings. The molecule has 2 amide bonds. The zero-order chi connectivity index (χ0) is 18.1. The van der Waals surface area contributed by atoms with Gasteiger partial charge in [0.15, 0.2) is 0 Å². The number of fused-ring (bicyclic) bond motifs is 1. The Balaban J connectivity index is 1.71. The number of rotatable bonds is 4. The monoisotopic (exact) mass is 362 g/mol. The van der Waals surface area contributed by atoms with E-state index in [1.807, 2.05) is 13.8 Å². The molecule has 8 heteroatoms. The first-order valence-electron chi connectivity index (χ1n) is 8.40. The summed E-state index contributed by atoms with van der Waals surface area (Å²) in [5.41, 5.74) is 6.21. The van der Waals surface area contributed by atoms with E-state index in [0.717, 1.165) is 28.1 Å². The Bertz CT molecular complexity index is 886. The van der Waals surface area contributed by atoms with Crippen molar-refractivity contribution in [2.24, 2.45) is 11.7 Å². The van der Waals surface area contributed by atoms with Gasteiger partial charge in [-0.2, -0.15) is 0 Å². The van der Waals surface area contributed by atoms with E-state index in [-0.39, 0.29) is 36.3 Å². The number of nitrogens with two attached hydrogens (primary N) is 1. The van der Waals surface area contributed by atoms with Crippen LogP contribution < -0.4 is 11.3 Å². The van der Waals surface area contributed by atoms with Crippen molar-refractivity contribution < 1.29 is 9.59 Å². The van der Waals surface area contributed by atoms with Crippen LogP contribution in [0.5, 0.6) is 0 Å². The number of likely N-dealkylation sites (tertiary alicyclic amines) is 1. The molecule has 2 aromatic rings. The Kier molecular flexibility index (Phi) is 4.89. The molecule has 3 rings (SSSR count). The summed E-state index contributed by atoms with van der Waals surface area (Å²) in [6.45, 7) is 5.19. The second kappa shape index (κ2) is 6.95. The second-order valence-electron chi connectivity index (χ2n) is 6.54. The molecule has 7 nitrogen and oxygen atoms in total. The lowest BCUT2D eigenvalue weighted by molar-refractivity contribution is -0.135. The Labute approximate surface area is 149 Å². The highest BCUT2D eigenvalue weighted by atomic mass is 32.1. The molecule has 2 N–H and O–H groups in total. The first-order chi connectivity index (χ1) is 11.9. The molecule has 1 aliphatic heterocycles. The summed E-state index contributed by atoms with van der Waals surface area (Å²) in [6, 6.07) is 0. The molecular formula is C17H22N4O3S. The summed E-state index contributed by atoms with van der Waals surface area (Å²) in [4.78, 5) is 44.2. The van der Waals surface area contributed by atoms with Crippen LogP contribution in [0.1, 0.15) is 29.7 Å². The van der Waals surface area contributed by atoms with Crippen LogP contribution in [0.3, 0.4) is 0 Å². The molecule has 0 radical (unpaired) electrons. The highest BCUT2D eigenvalue weighted by Crippen LogP contribution is 2.25. The quantitative estimate of drug-likeness (QED) is 0.883. The van der Waals surface area contributed by atoms with Crippen molar-refractivity contribution in [3.63, 3.8) is 0 Å². The van der Waals surface area contributed by atoms with Gasteiger partial charge in [-0.15, -0.1) is 11.3 Å². The lowest BCUT2D eigenvalue weighted by atomic mass is 9.97. The van der Waals surface area contributed by atoms with Crippen LogP contribution in [-0.4, -0.2) is 39.4 Å². The average Bonchev–Trinajstić information content (AvgIpc) is 2.89. The molecule has 2 aromatic heterocycles. The molecule has 1 saturated heterocycles. The summed E-state index contributed by atoms with van der Waals surface area (Å²) in [7, 11) is 0. The predicted octanol–water partition coefficient (Wildman–Crippen LogP) is 1.19. The van der Waals surface area contributed by atoms with Crippen molar-refractivity contribution >= 4 is 33.4 Å². The summed E-state index contributed by atoms with van der Waals surface area (Å²) in [6.07, 6.45) is 3.23. The first-order valence-corrected chi connectivity index (χ1v) is 9.22. The van der Waals surface area contributed by atoms with Gasteiger partial charge in [0.2, 0.25) is 11.8 Å². The van der Waals surface area contributed by atoms with Crippen LogP contribution in [0.2, 0.25) is 0 Å². The lowest BCUT2D eigenvalue weighted by Crippen LogP contribution is -2.44. The van der Waals surface area contributed by atoms with Gasteiger partial charge in [-0.25, -0.2) is 4.98 Å². The number of carbonyl (C=O) groups excluding carboxylic acids is 2. The normalized spacial score (nSPS) is 17.8. The highest BCUT2D eigenvalue weighted by Gasteiger charge is 2.26. The number of nitrogens with zero attached hydrogens (tertiary/aromatic N) is 3. The van der Waals surface area contributed by atoms with E-state index in [1.54, 1.807) is 4.90 Å². The van der Waals surface area contributed by atoms with Crippen LogP contribution in [0.15, 0.2) is 11.1 Å². The van der Waals surface area contributed by atoms with Crippen molar-refractivity contribution in [2.75, 3.05) is 13.1 Å². The SMILES string of the molecule is Cc1sc2ncn(CCC(=O)N3CCCC(C(N)=O)C3)c(=O)c2c1C. The molecule has 134 valence electrons. The minimum absolute atomic E-state index is 0.0591. The number of piperidine rings is 1. The third kappa shape index (κ3) is 3.44. The van der Waals surface area contributed by atoms with E-state index in [1.165, 1.54) is 22.2 Å². The van der Waals surface area contributed by atoms with Gasteiger partial charge in [0.25, 0.3) is 5.56 Å². The van der Waals surface area contributed by atoms with E-state index < -0.39 is 0 Å². The Morgan fingerprint density at radius 2 is 2.16 bits per heavy atom. The van der Waals surface area contributed by atoms with Crippen LogP contribution in [0.25, 0.3) is 10.2 Å². The molecular weight excluding hydrogens is 340 g/mol. The van der Waals surface area contributed by atoms with Gasteiger partial charge in [-0.05, 0) is 32.3 Å². The fourth-order valence-corrected chi connectivity index (χ4v) is 4.23. The average molecular weight is 362 g/mol. The number of aromatic nitrogens is 2. The third-order valence-corrected chi connectivity index (χ3v) is 6.01. The maximum atomic E-state index is 12.6. The molecule has 1 atom stereocenters. The Morgan fingerprint density at radius 1 is 1.40 bits per heavy atom. The van der Waals surface area contributed by atoms with Gasteiger partial charge in [0.05, 0.1) is 17.6 Å². The van der Waals surface area contributed by atoms with Crippen LogP contribution in [-0.2, 0) is 16.1 Å². The number of primary amides is 1. The minimum Gasteiger partial charge on any atom is -0.369 e. The molecule has 0 aliphatic carbocycles. The van der Waals surface area contributed by atoms with Gasteiger partial charge in [0, 0.05) is 30.9 Å². The zero-order valence-electron chi connectivity index (χ0n) is 14.4. The third-order valence-electron chi connectivity index (χ3n) is 4.90. The van der Waals surface area contributed by atoms with Gasteiger partial charge >= 0.3 is 0 Å². The molecule has 0 saturated carbocycles. The molecule has 1 aliphatic rings. The Morgan fingerprint density at radius 3 is 2.88 bits per heavy atom. The first kappa shape index (κ1) is 17.6. The maximum absolute atomic E-state index is 12.6. The topological polar surface area (TPSA) is 98.3 Å². The number of hydrogen-bond acceptors (Lipinski definition) is 5. The summed E-state index contributed by atoms with van der Waals surface area (Å²) >= 11 is 1.51. The number of amides is 2. The number of aryl methyl sites for hydroxylation is 3. The lowest BCUT2D eigenvalue weighted by Gasteiger charge is -2.31.